The van der Waals surface area contributed by atoms with Crippen LogP contribution in [0.4, 0.5) is 0 Å². The zero-order valence-corrected chi connectivity index (χ0v) is 9.07. The lowest BCUT2D eigenvalue weighted by atomic mass is 10.3. The second kappa shape index (κ2) is 3.16. The average Bonchev–Trinajstić information content (AvgIpc) is 2.22. The summed E-state index contributed by atoms with van der Waals surface area (Å²) >= 11 is 0. The highest BCUT2D eigenvalue weighted by Gasteiger charge is 2.18. The van der Waals surface area contributed by atoms with Gasteiger partial charge in [-0.1, -0.05) is 0 Å². The van der Waals surface area contributed by atoms with Crippen molar-refractivity contribution in [2.75, 3.05) is 0 Å². The Balaban J connectivity index is 3.20. The number of nitrogens with one attached hydrogen (secondary N) is 1. The highest BCUT2D eigenvalue weighted by molar-refractivity contribution is 5.65. The first-order chi connectivity index (χ1) is 7.43. The van der Waals surface area contributed by atoms with Crippen molar-refractivity contribution in [3.63, 3.8) is 0 Å². The van der Waals surface area contributed by atoms with Crippen LogP contribution in [0.3, 0.4) is 0 Å². The van der Waals surface area contributed by atoms with Gasteiger partial charge < -0.3 is 5.21 Å². The third-order valence-electron chi connectivity index (χ3n) is 2.57. The molecule has 0 aliphatic rings. The average molecular weight is 222 g/mol. The van der Waals surface area contributed by atoms with Crippen molar-refractivity contribution in [1.82, 2.24) is 14.5 Å². The van der Waals surface area contributed by atoms with Gasteiger partial charge >= 0.3 is 16.8 Å². The van der Waals surface area contributed by atoms with E-state index in [1.54, 1.807) is 13.8 Å². The van der Waals surface area contributed by atoms with Crippen LogP contribution in [-0.4, -0.2) is 14.5 Å². The van der Waals surface area contributed by atoms with Gasteiger partial charge in [0, 0.05) is 14.0 Å². The van der Waals surface area contributed by atoms with E-state index < -0.39 is 11.2 Å². The van der Waals surface area contributed by atoms with Crippen molar-refractivity contribution in [1.29, 1.82) is 0 Å². The van der Waals surface area contributed by atoms with Crippen molar-refractivity contribution in [2.24, 2.45) is 7.05 Å². The van der Waals surface area contributed by atoms with Crippen molar-refractivity contribution in [3.8, 4) is 0 Å². The minimum absolute atomic E-state index is 0.0897. The second-order valence-corrected chi connectivity index (χ2v) is 3.57. The maximum atomic E-state index is 11.8. The number of aromatic nitrogens is 4. The SMILES string of the molecule is Cc1nc2c(c(=O)[nH]c(=O)n2C)[n+]([O-])c1C. The van der Waals surface area contributed by atoms with Gasteiger partial charge in [-0.3, -0.25) is 14.3 Å². The normalized spacial score (nSPS) is 10.9. The first-order valence-electron chi connectivity index (χ1n) is 4.63. The van der Waals surface area contributed by atoms with E-state index in [-0.39, 0.29) is 11.2 Å². The molecule has 2 aromatic rings. The second-order valence-electron chi connectivity index (χ2n) is 3.57. The maximum absolute atomic E-state index is 11.8. The number of fused-ring (bicyclic) bond motifs is 1. The molecule has 0 bridgehead atoms. The van der Waals surface area contributed by atoms with Crippen LogP contribution in [0.5, 0.6) is 0 Å². The Bertz CT molecular complexity index is 698. The first-order valence-corrected chi connectivity index (χ1v) is 4.63. The Kier molecular flexibility index (Phi) is 2.04. The minimum atomic E-state index is -0.719. The van der Waals surface area contributed by atoms with Crippen LogP contribution in [0.1, 0.15) is 11.4 Å². The zero-order chi connectivity index (χ0) is 12.0. The number of aryl methyl sites for hydroxylation is 2. The highest BCUT2D eigenvalue weighted by atomic mass is 16.5. The highest BCUT2D eigenvalue weighted by Crippen LogP contribution is 2.03. The number of hydrogen-bond donors (Lipinski definition) is 1. The van der Waals surface area contributed by atoms with E-state index in [0.717, 1.165) is 4.57 Å². The molecule has 2 heterocycles. The first kappa shape index (κ1) is 10.3. The lowest BCUT2D eigenvalue weighted by molar-refractivity contribution is -0.585. The van der Waals surface area contributed by atoms with Crippen molar-refractivity contribution in [3.05, 3.63) is 37.4 Å². The molecule has 2 aromatic heterocycles. The van der Waals surface area contributed by atoms with Crippen LogP contribution in [0, 0.1) is 19.1 Å². The summed E-state index contributed by atoms with van der Waals surface area (Å²) in [5.41, 5.74) is -0.534. The smallest absolute Gasteiger partial charge is 0.330 e. The van der Waals surface area contributed by atoms with Gasteiger partial charge in [0.1, 0.15) is 5.69 Å². The molecule has 0 unspecified atom stereocenters. The Morgan fingerprint density at radius 2 is 2.00 bits per heavy atom. The lowest BCUT2D eigenvalue weighted by Crippen LogP contribution is -2.42. The molecule has 1 N–H and O–H groups in total. The number of aromatic amines is 1. The van der Waals surface area contributed by atoms with Crippen LogP contribution in [0.25, 0.3) is 11.2 Å². The summed E-state index contributed by atoms with van der Waals surface area (Å²) in [6, 6.07) is 0. The number of nitrogens with zero attached hydrogens (tertiary/aromatic N) is 3. The van der Waals surface area contributed by atoms with Gasteiger partial charge in [-0.05, 0) is 6.92 Å². The van der Waals surface area contributed by atoms with Crippen LogP contribution < -0.4 is 16.0 Å². The fourth-order valence-corrected chi connectivity index (χ4v) is 1.46. The molecule has 0 fully saturated rings. The molecular formula is C9H10N4O3. The summed E-state index contributed by atoms with van der Waals surface area (Å²) in [7, 11) is 1.45. The standard InChI is InChI=1S/C9H10N4O3/c1-4-5(2)13(16)6-7(10-4)12(3)9(15)11-8(6)14/h1-3H3,(H,11,14,15). The minimum Gasteiger partial charge on any atom is -0.618 e. The molecule has 0 saturated heterocycles. The topological polar surface area (TPSA) is 94.7 Å². The van der Waals surface area contributed by atoms with E-state index in [9.17, 15) is 14.8 Å². The van der Waals surface area contributed by atoms with Crippen LogP contribution >= 0.6 is 0 Å². The molecule has 0 radical (unpaired) electrons. The quantitative estimate of drug-likeness (QED) is 0.451. The third kappa shape index (κ3) is 1.21. The van der Waals surface area contributed by atoms with E-state index >= 15 is 0 Å². The molecule has 7 nitrogen and oxygen atoms in total. The molecule has 7 heteroatoms. The number of rotatable bonds is 0. The van der Waals surface area contributed by atoms with Gasteiger partial charge in [-0.15, -0.1) is 0 Å². The summed E-state index contributed by atoms with van der Waals surface area (Å²) in [6.45, 7) is 3.22. The Labute approximate surface area is 89.6 Å². The fourth-order valence-electron chi connectivity index (χ4n) is 1.46. The maximum Gasteiger partial charge on any atom is 0.330 e. The molecular weight excluding hydrogens is 212 g/mol. The summed E-state index contributed by atoms with van der Waals surface area (Å²) in [6.07, 6.45) is 0. The Morgan fingerprint density at radius 3 is 2.62 bits per heavy atom. The van der Waals surface area contributed by atoms with E-state index in [2.05, 4.69) is 9.97 Å². The van der Waals surface area contributed by atoms with Gasteiger partial charge in [-0.2, -0.15) is 4.73 Å². The number of hydrogen-bond acceptors (Lipinski definition) is 4. The van der Waals surface area contributed by atoms with Crippen molar-refractivity contribution < 1.29 is 4.73 Å². The number of H-pyrrole nitrogens is 1. The predicted molar refractivity (Wildman–Crippen MR) is 56.0 cm³/mol. The van der Waals surface area contributed by atoms with E-state index in [0.29, 0.717) is 16.1 Å². The van der Waals surface area contributed by atoms with E-state index in [1.165, 1.54) is 7.05 Å². The lowest BCUT2D eigenvalue weighted by Gasteiger charge is -2.07. The molecule has 84 valence electrons. The molecule has 0 atom stereocenters. The van der Waals surface area contributed by atoms with Crippen molar-refractivity contribution in [2.45, 2.75) is 13.8 Å². The summed E-state index contributed by atoms with van der Waals surface area (Å²) in [5.74, 6) is 0. The molecule has 0 aliphatic carbocycles. The molecule has 0 aliphatic heterocycles. The molecule has 0 spiro atoms. The molecule has 0 aromatic carbocycles. The summed E-state index contributed by atoms with van der Waals surface area (Å²) in [4.78, 5) is 29.0. The molecule has 2 rings (SSSR count). The monoisotopic (exact) mass is 222 g/mol. The van der Waals surface area contributed by atoms with Crippen molar-refractivity contribution >= 4 is 11.2 Å². The predicted octanol–water partition coefficient (Wildman–Crippen LogP) is -1.13. The van der Waals surface area contributed by atoms with Gasteiger partial charge in [0.2, 0.25) is 11.3 Å². The van der Waals surface area contributed by atoms with Gasteiger partial charge in [0.25, 0.3) is 0 Å². The van der Waals surface area contributed by atoms with Gasteiger partial charge in [-0.25, -0.2) is 9.78 Å². The largest absolute Gasteiger partial charge is 0.618 e. The van der Waals surface area contributed by atoms with Gasteiger partial charge in [0.15, 0.2) is 0 Å². The molecule has 16 heavy (non-hydrogen) atoms. The Morgan fingerprint density at radius 1 is 1.38 bits per heavy atom. The van der Waals surface area contributed by atoms with E-state index in [1.807, 2.05) is 0 Å². The summed E-state index contributed by atoms with van der Waals surface area (Å²) < 4.78 is 1.63. The van der Waals surface area contributed by atoms with Crippen LogP contribution in [-0.2, 0) is 7.05 Å². The molecule has 0 saturated carbocycles. The Hall–Kier alpha value is -2.18. The van der Waals surface area contributed by atoms with Gasteiger partial charge in [0.05, 0.1) is 0 Å². The van der Waals surface area contributed by atoms with Crippen LogP contribution in [0.15, 0.2) is 9.59 Å². The fraction of sp³-hybridized carbons (Fsp3) is 0.333. The van der Waals surface area contributed by atoms with Crippen LogP contribution in [0.2, 0.25) is 0 Å². The van der Waals surface area contributed by atoms with E-state index in [4.69, 9.17) is 0 Å². The third-order valence-corrected chi connectivity index (χ3v) is 2.57. The summed E-state index contributed by atoms with van der Waals surface area (Å²) in [5, 5.41) is 11.8. The zero-order valence-electron chi connectivity index (χ0n) is 9.07. The molecule has 0 amide bonds.